The van der Waals surface area contributed by atoms with Crippen molar-refractivity contribution in [1.82, 2.24) is 14.7 Å². The second kappa shape index (κ2) is 12.5. The van der Waals surface area contributed by atoms with Crippen molar-refractivity contribution in [2.24, 2.45) is 5.73 Å². The predicted molar refractivity (Wildman–Crippen MR) is 144 cm³/mol. The molecule has 1 heterocycles. The first-order valence-corrected chi connectivity index (χ1v) is 13.2. The van der Waals surface area contributed by atoms with Gasteiger partial charge in [0, 0.05) is 49.9 Å². The van der Waals surface area contributed by atoms with Crippen LogP contribution in [0, 0.1) is 13.8 Å². The number of amides is 1. The van der Waals surface area contributed by atoms with Crippen LogP contribution >= 0.6 is 0 Å². The van der Waals surface area contributed by atoms with Crippen molar-refractivity contribution < 1.29 is 22.7 Å². The van der Waals surface area contributed by atoms with E-state index in [1.54, 1.807) is 4.90 Å². The van der Waals surface area contributed by atoms with Crippen molar-refractivity contribution in [2.75, 3.05) is 46.9 Å². The number of carbonyl (C=O) groups excluding carboxylic acids is 1. The Kier molecular flexibility index (Phi) is 9.84. The topological polar surface area (TPSA) is 62.0 Å². The van der Waals surface area contributed by atoms with Crippen molar-refractivity contribution >= 4 is 5.91 Å². The molecular weight excluding hydrogens is 493 g/mol. The van der Waals surface area contributed by atoms with Crippen LogP contribution in [0.25, 0.3) is 0 Å². The summed E-state index contributed by atoms with van der Waals surface area (Å²) in [6.07, 6.45) is -3.57. The number of hydrogen-bond acceptors (Lipinski definition) is 5. The van der Waals surface area contributed by atoms with Crippen LogP contribution in [0.5, 0.6) is 5.75 Å². The number of nitrogens with zero attached hydrogens (tertiary/aromatic N) is 3. The van der Waals surface area contributed by atoms with E-state index in [1.165, 1.54) is 23.3 Å². The summed E-state index contributed by atoms with van der Waals surface area (Å²) in [6, 6.07) is 9.06. The van der Waals surface area contributed by atoms with E-state index in [2.05, 4.69) is 36.6 Å². The SMILES string of the molecule is Cc1c(OCCC(C(C)N)N(C)C)ccc(C(C)N2CCN(C(=O)c3ccc(C(F)(F)F)cc3)CC2)c1C. The Morgan fingerprint density at radius 3 is 2.13 bits per heavy atom. The van der Waals surface area contributed by atoms with Crippen LogP contribution in [0.1, 0.15) is 58.9 Å². The molecule has 0 aliphatic carbocycles. The first-order chi connectivity index (χ1) is 17.8. The zero-order valence-corrected chi connectivity index (χ0v) is 23.3. The molecule has 1 amide bonds. The zero-order chi connectivity index (χ0) is 28.2. The lowest BCUT2D eigenvalue weighted by atomic mass is 9.96. The molecule has 0 aromatic heterocycles. The fourth-order valence-corrected chi connectivity index (χ4v) is 5.20. The fourth-order valence-electron chi connectivity index (χ4n) is 5.20. The highest BCUT2D eigenvalue weighted by atomic mass is 19.4. The number of carbonyl (C=O) groups is 1. The average Bonchev–Trinajstić information content (AvgIpc) is 2.87. The van der Waals surface area contributed by atoms with Gasteiger partial charge in [0.25, 0.3) is 5.91 Å². The lowest BCUT2D eigenvalue weighted by Gasteiger charge is -2.39. The fraction of sp³-hybridized carbons (Fsp3) is 0.552. The molecule has 1 aliphatic heterocycles. The highest BCUT2D eigenvalue weighted by Gasteiger charge is 2.31. The van der Waals surface area contributed by atoms with Gasteiger partial charge in [0.1, 0.15) is 5.75 Å². The van der Waals surface area contributed by atoms with Gasteiger partial charge in [-0.25, -0.2) is 0 Å². The van der Waals surface area contributed by atoms with Crippen molar-refractivity contribution in [2.45, 2.75) is 58.4 Å². The third-order valence-electron chi connectivity index (χ3n) is 7.78. The molecule has 2 N–H and O–H groups in total. The van der Waals surface area contributed by atoms with E-state index in [0.29, 0.717) is 32.8 Å². The highest BCUT2D eigenvalue weighted by molar-refractivity contribution is 5.94. The van der Waals surface area contributed by atoms with E-state index < -0.39 is 11.7 Å². The molecule has 0 radical (unpaired) electrons. The number of piperazine rings is 1. The van der Waals surface area contributed by atoms with Gasteiger partial charge in [-0.2, -0.15) is 13.2 Å². The van der Waals surface area contributed by atoms with Crippen molar-refractivity contribution in [1.29, 1.82) is 0 Å². The number of hydrogen-bond donors (Lipinski definition) is 1. The maximum atomic E-state index is 12.8. The molecule has 1 fully saturated rings. The Bertz CT molecular complexity index is 1070. The van der Waals surface area contributed by atoms with Crippen LogP contribution in [0.3, 0.4) is 0 Å². The molecular formula is C29H41F3N4O2. The third-order valence-corrected chi connectivity index (χ3v) is 7.78. The minimum absolute atomic E-state index is 0.0605. The lowest BCUT2D eigenvalue weighted by molar-refractivity contribution is -0.137. The van der Waals surface area contributed by atoms with Crippen LogP contribution in [0.2, 0.25) is 0 Å². The first kappa shape index (κ1) is 29.9. The summed E-state index contributed by atoms with van der Waals surface area (Å²) in [5.41, 5.74) is 9.16. The molecule has 3 atom stereocenters. The maximum Gasteiger partial charge on any atom is 0.416 e. The quantitative estimate of drug-likeness (QED) is 0.497. The number of ether oxygens (including phenoxy) is 1. The Hall–Kier alpha value is -2.62. The third kappa shape index (κ3) is 7.07. The molecule has 0 spiro atoms. The molecule has 9 heteroatoms. The van der Waals surface area contributed by atoms with Gasteiger partial charge in [-0.1, -0.05) is 6.07 Å². The molecule has 1 aliphatic rings. The summed E-state index contributed by atoms with van der Waals surface area (Å²) >= 11 is 0. The second-order valence-corrected chi connectivity index (χ2v) is 10.5. The van der Waals surface area contributed by atoms with Crippen LogP contribution < -0.4 is 10.5 Å². The molecule has 6 nitrogen and oxygen atoms in total. The van der Waals surface area contributed by atoms with Gasteiger partial charge >= 0.3 is 6.18 Å². The van der Waals surface area contributed by atoms with E-state index in [1.807, 2.05) is 27.1 Å². The Balaban J connectivity index is 1.58. The molecule has 3 rings (SSSR count). The minimum atomic E-state index is -4.41. The number of likely N-dealkylation sites (N-methyl/N-ethyl adjacent to an activating group) is 1. The summed E-state index contributed by atoms with van der Waals surface area (Å²) < 4.78 is 44.6. The number of alkyl halides is 3. The largest absolute Gasteiger partial charge is 0.493 e. The average molecular weight is 535 g/mol. The monoisotopic (exact) mass is 534 g/mol. The molecule has 2 aromatic rings. The van der Waals surface area contributed by atoms with Crippen molar-refractivity contribution in [3.05, 3.63) is 64.2 Å². The van der Waals surface area contributed by atoms with Gasteiger partial charge in [-0.05, 0) is 95.2 Å². The van der Waals surface area contributed by atoms with Gasteiger partial charge in [-0.3, -0.25) is 9.69 Å². The van der Waals surface area contributed by atoms with E-state index in [9.17, 15) is 18.0 Å². The van der Waals surface area contributed by atoms with Gasteiger partial charge in [0.15, 0.2) is 0 Å². The summed E-state index contributed by atoms with van der Waals surface area (Å²) in [5, 5.41) is 0. The molecule has 2 aromatic carbocycles. The highest BCUT2D eigenvalue weighted by Crippen LogP contribution is 2.32. The normalized spacial score (nSPS) is 17.4. The second-order valence-electron chi connectivity index (χ2n) is 10.5. The maximum absolute atomic E-state index is 12.8. The molecule has 3 unspecified atom stereocenters. The molecule has 0 bridgehead atoms. The number of benzene rings is 2. The van der Waals surface area contributed by atoms with E-state index in [4.69, 9.17) is 10.5 Å². The van der Waals surface area contributed by atoms with Crippen LogP contribution in [-0.4, -0.2) is 79.6 Å². The summed E-state index contributed by atoms with van der Waals surface area (Å²) in [4.78, 5) is 19.0. The Morgan fingerprint density at radius 1 is 1.00 bits per heavy atom. The zero-order valence-electron chi connectivity index (χ0n) is 23.3. The van der Waals surface area contributed by atoms with Crippen molar-refractivity contribution in [3.8, 4) is 5.75 Å². The molecule has 210 valence electrons. The Morgan fingerprint density at radius 2 is 1.61 bits per heavy atom. The van der Waals surface area contributed by atoms with E-state index >= 15 is 0 Å². The lowest BCUT2D eigenvalue weighted by Crippen LogP contribution is -2.49. The smallest absolute Gasteiger partial charge is 0.416 e. The minimum Gasteiger partial charge on any atom is -0.493 e. The van der Waals surface area contributed by atoms with E-state index in [-0.39, 0.29) is 29.6 Å². The molecule has 38 heavy (non-hydrogen) atoms. The van der Waals surface area contributed by atoms with Gasteiger partial charge in [0.05, 0.1) is 12.2 Å². The first-order valence-electron chi connectivity index (χ1n) is 13.2. The number of rotatable bonds is 9. The van der Waals surface area contributed by atoms with Crippen LogP contribution in [0.4, 0.5) is 13.2 Å². The van der Waals surface area contributed by atoms with Crippen LogP contribution in [0.15, 0.2) is 36.4 Å². The number of nitrogens with two attached hydrogens (primary N) is 1. The van der Waals surface area contributed by atoms with E-state index in [0.717, 1.165) is 29.9 Å². The summed E-state index contributed by atoms with van der Waals surface area (Å²) in [5.74, 6) is 0.646. The van der Waals surface area contributed by atoms with Crippen LogP contribution in [-0.2, 0) is 6.18 Å². The van der Waals surface area contributed by atoms with Gasteiger partial charge < -0.3 is 20.3 Å². The predicted octanol–water partition coefficient (Wildman–Crippen LogP) is 4.89. The molecule has 0 saturated carbocycles. The summed E-state index contributed by atoms with van der Waals surface area (Å²) in [6.45, 7) is 11.4. The Labute approximate surface area is 224 Å². The number of halogens is 3. The summed E-state index contributed by atoms with van der Waals surface area (Å²) in [7, 11) is 4.06. The standard InChI is InChI=1S/C29H41F3N4O2/c1-19-20(2)27(38-18-13-26(21(3)33)34(5)6)12-11-25(19)22(4)35-14-16-36(17-15-35)28(37)23-7-9-24(10-8-23)29(30,31)32/h7-12,21-22,26H,13-18,33H2,1-6H3. The van der Waals surface area contributed by atoms with Gasteiger partial charge in [-0.15, -0.1) is 0 Å². The van der Waals surface area contributed by atoms with Crippen molar-refractivity contribution in [3.63, 3.8) is 0 Å². The molecule has 1 saturated heterocycles. The van der Waals surface area contributed by atoms with Gasteiger partial charge in [0.2, 0.25) is 0 Å².